The van der Waals surface area contributed by atoms with Gasteiger partial charge in [0.25, 0.3) is 0 Å². The fourth-order valence-corrected chi connectivity index (χ4v) is 2.60. The number of hydrogen-bond donors (Lipinski definition) is 2. The monoisotopic (exact) mass is 361 g/mol. The Morgan fingerprint density at radius 2 is 2.04 bits per heavy atom. The van der Waals surface area contributed by atoms with Crippen molar-refractivity contribution in [1.29, 1.82) is 0 Å². The number of nitrogens with one attached hydrogen (secondary N) is 1. The van der Waals surface area contributed by atoms with Crippen LogP contribution in [0.5, 0.6) is 5.75 Å². The number of alkyl halides is 3. The molecule has 0 aromatic heterocycles. The van der Waals surface area contributed by atoms with Crippen molar-refractivity contribution in [1.82, 2.24) is 5.32 Å². The maximum Gasteiger partial charge on any atom is 0.573 e. The predicted octanol–water partition coefficient (Wildman–Crippen LogP) is 2.29. The van der Waals surface area contributed by atoms with Gasteiger partial charge in [-0.1, -0.05) is 18.2 Å². The van der Waals surface area contributed by atoms with E-state index in [1.54, 1.807) is 6.07 Å². The summed E-state index contributed by atoms with van der Waals surface area (Å²) >= 11 is 0. The number of hydrogen-bond acceptors (Lipinski definition) is 4. The van der Waals surface area contributed by atoms with Crippen molar-refractivity contribution >= 4 is 11.9 Å². The highest BCUT2D eigenvalue weighted by Gasteiger charge is 2.47. The number of rotatable bonds is 8. The Morgan fingerprint density at radius 1 is 1.36 bits per heavy atom. The molecule has 1 aliphatic carbocycles. The van der Waals surface area contributed by atoms with Gasteiger partial charge in [-0.2, -0.15) is 0 Å². The van der Waals surface area contributed by atoms with Crippen molar-refractivity contribution in [2.75, 3.05) is 13.7 Å². The number of benzene rings is 1. The van der Waals surface area contributed by atoms with Crippen LogP contribution in [0.3, 0.4) is 0 Å². The van der Waals surface area contributed by atoms with Crippen LogP contribution < -0.4 is 10.1 Å². The highest BCUT2D eigenvalue weighted by Crippen LogP contribution is 2.51. The molecule has 6 nitrogen and oxygen atoms in total. The fourth-order valence-electron chi connectivity index (χ4n) is 2.60. The number of ether oxygens (including phenoxy) is 2. The zero-order valence-electron chi connectivity index (χ0n) is 13.4. The molecule has 25 heavy (non-hydrogen) atoms. The summed E-state index contributed by atoms with van der Waals surface area (Å²) < 4.78 is 46.2. The number of carboxylic acids is 1. The van der Waals surface area contributed by atoms with E-state index in [2.05, 4.69) is 10.1 Å². The zero-order chi connectivity index (χ0) is 18.6. The summed E-state index contributed by atoms with van der Waals surface area (Å²) in [5.74, 6) is -3.05. The lowest BCUT2D eigenvalue weighted by Crippen LogP contribution is -2.42. The van der Waals surface area contributed by atoms with Crippen LogP contribution in [-0.2, 0) is 14.3 Å². The van der Waals surface area contributed by atoms with E-state index in [1.165, 1.54) is 25.3 Å². The molecular weight excluding hydrogens is 343 g/mol. The summed E-state index contributed by atoms with van der Waals surface area (Å²) in [5.41, 5.74) is 0.281. The molecule has 0 spiro atoms. The third kappa shape index (κ3) is 5.35. The van der Waals surface area contributed by atoms with E-state index in [0.717, 1.165) is 0 Å². The number of carbonyl (C=O) groups excluding carboxylic acids is 1. The van der Waals surface area contributed by atoms with Crippen LogP contribution in [-0.4, -0.2) is 43.1 Å². The topological polar surface area (TPSA) is 84.9 Å². The van der Waals surface area contributed by atoms with Gasteiger partial charge in [-0.25, -0.2) is 4.79 Å². The van der Waals surface area contributed by atoms with E-state index in [9.17, 15) is 22.8 Å². The molecule has 0 heterocycles. The fraction of sp³-hybridized carbons (Fsp3) is 0.500. The number of para-hydroxylation sites is 1. The normalized spacial score (nSPS) is 20.6. The molecule has 0 radical (unpaired) electrons. The van der Waals surface area contributed by atoms with E-state index in [0.29, 0.717) is 6.42 Å². The third-order valence-electron chi connectivity index (χ3n) is 3.90. The lowest BCUT2D eigenvalue weighted by atomic mass is 10.1. The Labute approximate surface area is 141 Å². The molecule has 1 amide bonds. The lowest BCUT2D eigenvalue weighted by Gasteiger charge is -2.15. The minimum Gasteiger partial charge on any atom is -0.480 e. The second kappa shape index (κ2) is 7.73. The van der Waals surface area contributed by atoms with E-state index in [1.807, 2.05) is 0 Å². The predicted molar refractivity (Wildman–Crippen MR) is 80.0 cm³/mol. The van der Waals surface area contributed by atoms with Crippen molar-refractivity contribution < 1.29 is 37.3 Å². The molecule has 1 aromatic carbocycles. The van der Waals surface area contributed by atoms with Crippen molar-refractivity contribution in [2.24, 2.45) is 5.92 Å². The van der Waals surface area contributed by atoms with Crippen LogP contribution in [0.2, 0.25) is 0 Å². The first-order chi connectivity index (χ1) is 11.7. The lowest BCUT2D eigenvalue weighted by molar-refractivity contribution is -0.274. The SMILES string of the molecule is COCCC(NC(=O)C1CC1c1ccccc1OC(F)(F)F)C(=O)O. The summed E-state index contributed by atoms with van der Waals surface area (Å²) in [5, 5.41) is 11.5. The maximum atomic E-state index is 12.5. The van der Waals surface area contributed by atoms with Crippen LogP contribution in [0, 0.1) is 5.92 Å². The molecule has 2 rings (SSSR count). The van der Waals surface area contributed by atoms with Gasteiger partial charge in [0.1, 0.15) is 11.8 Å². The van der Waals surface area contributed by atoms with Gasteiger partial charge in [-0.15, -0.1) is 13.2 Å². The molecule has 1 fully saturated rings. The molecule has 1 aromatic rings. The number of aliphatic carboxylic acids is 1. The average molecular weight is 361 g/mol. The molecule has 0 aliphatic heterocycles. The molecule has 0 bridgehead atoms. The molecular formula is C16H18F3NO5. The highest BCUT2D eigenvalue weighted by atomic mass is 19.4. The first-order valence-electron chi connectivity index (χ1n) is 7.59. The van der Waals surface area contributed by atoms with Crippen molar-refractivity contribution in [3.8, 4) is 5.75 Å². The van der Waals surface area contributed by atoms with Gasteiger partial charge in [-0.3, -0.25) is 4.79 Å². The van der Waals surface area contributed by atoms with Gasteiger partial charge in [-0.05, 0) is 24.0 Å². The molecule has 3 unspecified atom stereocenters. The summed E-state index contributed by atoms with van der Waals surface area (Å²) in [6.45, 7) is 0.160. The molecule has 138 valence electrons. The van der Waals surface area contributed by atoms with Gasteiger partial charge in [0, 0.05) is 26.1 Å². The smallest absolute Gasteiger partial charge is 0.480 e. The van der Waals surface area contributed by atoms with Crippen LogP contribution in [0.15, 0.2) is 24.3 Å². The van der Waals surface area contributed by atoms with Crippen LogP contribution in [0.1, 0.15) is 24.3 Å². The van der Waals surface area contributed by atoms with Gasteiger partial charge < -0.3 is 19.9 Å². The van der Waals surface area contributed by atoms with Crippen LogP contribution >= 0.6 is 0 Å². The average Bonchev–Trinajstić information content (AvgIpc) is 3.30. The Kier molecular flexibility index (Phi) is 5.89. The summed E-state index contributed by atoms with van der Waals surface area (Å²) in [6, 6.07) is 4.53. The van der Waals surface area contributed by atoms with Gasteiger partial charge in [0.05, 0.1) is 0 Å². The number of amides is 1. The van der Waals surface area contributed by atoms with Gasteiger partial charge >= 0.3 is 12.3 Å². The Balaban J connectivity index is 2.02. The van der Waals surface area contributed by atoms with E-state index in [4.69, 9.17) is 9.84 Å². The van der Waals surface area contributed by atoms with Crippen molar-refractivity contribution in [2.45, 2.75) is 31.2 Å². The number of carboxylic acid groups (broad SMARTS) is 1. The summed E-state index contributed by atoms with van der Waals surface area (Å²) in [7, 11) is 1.41. The first kappa shape index (κ1) is 19.0. The number of halogens is 3. The number of carbonyl (C=O) groups is 2. The standard InChI is InChI=1S/C16H18F3NO5/c1-24-7-6-12(15(22)23)20-14(21)11-8-10(11)9-4-2-3-5-13(9)25-16(17,18)19/h2-5,10-12H,6-8H2,1H3,(H,20,21)(H,22,23). The minimum absolute atomic E-state index is 0.0999. The summed E-state index contributed by atoms with van der Waals surface area (Å²) in [4.78, 5) is 23.3. The highest BCUT2D eigenvalue weighted by molar-refractivity contribution is 5.87. The van der Waals surface area contributed by atoms with Gasteiger partial charge in [0.15, 0.2) is 0 Å². The minimum atomic E-state index is -4.82. The van der Waals surface area contributed by atoms with Gasteiger partial charge in [0.2, 0.25) is 5.91 Å². The van der Waals surface area contributed by atoms with Crippen LogP contribution in [0.25, 0.3) is 0 Å². The third-order valence-corrected chi connectivity index (χ3v) is 3.90. The molecule has 1 saturated carbocycles. The zero-order valence-corrected chi connectivity index (χ0v) is 13.4. The molecule has 9 heteroatoms. The Morgan fingerprint density at radius 3 is 2.64 bits per heavy atom. The molecule has 0 saturated heterocycles. The van der Waals surface area contributed by atoms with E-state index in [-0.39, 0.29) is 24.3 Å². The van der Waals surface area contributed by atoms with Crippen molar-refractivity contribution in [3.63, 3.8) is 0 Å². The Bertz CT molecular complexity index is 634. The van der Waals surface area contributed by atoms with E-state index < -0.39 is 36.1 Å². The first-order valence-corrected chi connectivity index (χ1v) is 7.59. The second-order valence-electron chi connectivity index (χ2n) is 5.72. The number of methoxy groups -OCH3 is 1. The maximum absolute atomic E-state index is 12.5. The largest absolute Gasteiger partial charge is 0.573 e. The van der Waals surface area contributed by atoms with Crippen molar-refractivity contribution in [3.05, 3.63) is 29.8 Å². The molecule has 3 atom stereocenters. The Hall–Kier alpha value is -2.29. The molecule has 1 aliphatic rings. The quantitative estimate of drug-likeness (QED) is 0.742. The van der Waals surface area contributed by atoms with Crippen LogP contribution in [0.4, 0.5) is 13.2 Å². The second-order valence-corrected chi connectivity index (χ2v) is 5.72. The summed E-state index contributed by atoms with van der Waals surface area (Å²) in [6.07, 6.45) is -4.39. The van der Waals surface area contributed by atoms with E-state index >= 15 is 0 Å². The molecule has 2 N–H and O–H groups in total.